The zero-order chi connectivity index (χ0) is 14.3. The molecule has 0 aliphatic rings. The summed E-state index contributed by atoms with van der Waals surface area (Å²) in [6.07, 6.45) is -1.30. The van der Waals surface area contributed by atoms with Gasteiger partial charge in [0.05, 0.1) is 17.7 Å². The van der Waals surface area contributed by atoms with Crippen LogP contribution in [-0.4, -0.2) is 54.2 Å². The Morgan fingerprint density at radius 1 is 1.26 bits per heavy atom. The third-order valence-electron chi connectivity index (χ3n) is 2.03. The van der Waals surface area contributed by atoms with Crippen molar-refractivity contribution in [1.82, 2.24) is 9.97 Å². The summed E-state index contributed by atoms with van der Waals surface area (Å²) in [7, 11) is 0. The fraction of sp³-hybridized carbons (Fsp3) is 0.600. The van der Waals surface area contributed by atoms with Crippen LogP contribution in [0.15, 0.2) is 16.9 Å². The first-order chi connectivity index (χ1) is 8.92. The van der Waals surface area contributed by atoms with Gasteiger partial charge in [0.2, 0.25) is 5.95 Å². The Balaban J connectivity index is 2.47. The van der Waals surface area contributed by atoms with E-state index in [2.05, 4.69) is 30.6 Å². The Labute approximate surface area is 116 Å². The molecule has 0 unspecified atom stereocenters. The summed E-state index contributed by atoms with van der Waals surface area (Å²) in [6.45, 7) is -1.19. The van der Waals surface area contributed by atoms with E-state index < -0.39 is 12.8 Å². The van der Waals surface area contributed by atoms with Crippen molar-refractivity contribution in [3.05, 3.63) is 16.9 Å². The lowest BCUT2D eigenvalue weighted by Crippen LogP contribution is -2.32. The highest BCUT2D eigenvalue weighted by Crippen LogP contribution is 2.15. The second-order valence-corrected chi connectivity index (χ2v) is 4.50. The summed E-state index contributed by atoms with van der Waals surface area (Å²) in [5.74, 6) is 0.327. The number of rotatable bonds is 7. The van der Waals surface area contributed by atoms with Crippen molar-refractivity contribution in [3.8, 4) is 0 Å². The van der Waals surface area contributed by atoms with Crippen LogP contribution in [0.4, 0.5) is 19.1 Å². The molecule has 1 aromatic rings. The third kappa shape index (κ3) is 6.69. The molecule has 19 heavy (non-hydrogen) atoms. The van der Waals surface area contributed by atoms with Gasteiger partial charge in [-0.2, -0.15) is 13.2 Å². The molecule has 1 N–H and O–H groups in total. The van der Waals surface area contributed by atoms with E-state index in [-0.39, 0.29) is 26.3 Å². The smallest absolute Gasteiger partial charge is 0.395 e. The molecule has 0 radical (unpaired) electrons. The second kappa shape index (κ2) is 7.61. The summed E-state index contributed by atoms with van der Waals surface area (Å²) in [4.78, 5) is 9.55. The van der Waals surface area contributed by atoms with Crippen molar-refractivity contribution >= 4 is 21.9 Å². The van der Waals surface area contributed by atoms with Crippen molar-refractivity contribution < 1.29 is 23.0 Å². The topological polar surface area (TPSA) is 58.5 Å². The van der Waals surface area contributed by atoms with Gasteiger partial charge in [0, 0.05) is 25.5 Å². The fourth-order valence-electron chi connectivity index (χ4n) is 1.26. The van der Waals surface area contributed by atoms with Crippen LogP contribution >= 0.6 is 15.9 Å². The lowest BCUT2D eigenvalue weighted by atomic mass is 10.5. The number of alkyl halides is 3. The molecule has 0 bridgehead atoms. The average molecular weight is 344 g/mol. The van der Waals surface area contributed by atoms with Gasteiger partial charge in [-0.1, -0.05) is 0 Å². The Kier molecular flexibility index (Phi) is 6.46. The summed E-state index contributed by atoms with van der Waals surface area (Å²) < 4.78 is 40.9. The van der Waals surface area contributed by atoms with E-state index in [4.69, 9.17) is 5.11 Å². The number of anilines is 1. The highest BCUT2D eigenvalue weighted by molar-refractivity contribution is 9.10. The molecule has 1 aromatic heterocycles. The van der Waals surface area contributed by atoms with Crippen molar-refractivity contribution in [2.24, 2.45) is 0 Å². The Bertz CT molecular complexity index is 375. The van der Waals surface area contributed by atoms with Crippen molar-refractivity contribution in [1.29, 1.82) is 0 Å². The molecule has 0 saturated heterocycles. The predicted octanol–water partition coefficient (Wildman–Crippen LogP) is 1.62. The van der Waals surface area contributed by atoms with E-state index in [0.29, 0.717) is 10.4 Å². The first kappa shape index (κ1) is 16.1. The van der Waals surface area contributed by atoms with Crippen LogP contribution in [0.2, 0.25) is 0 Å². The predicted molar refractivity (Wildman–Crippen MR) is 65.9 cm³/mol. The molecule has 0 aromatic carbocycles. The molecule has 0 spiro atoms. The zero-order valence-corrected chi connectivity index (χ0v) is 11.5. The molecule has 0 atom stereocenters. The van der Waals surface area contributed by atoms with Crippen LogP contribution in [0.5, 0.6) is 0 Å². The van der Waals surface area contributed by atoms with E-state index in [1.165, 1.54) is 12.4 Å². The minimum absolute atomic E-state index is 0.126. The van der Waals surface area contributed by atoms with E-state index in [1.54, 1.807) is 4.90 Å². The van der Waals surface area contributed by atoms with Crippen LogP contribution in [-0.2, 0) is 4.74 Å². The number of ether oxygens (including phenoxy) is 1. The molecular weight excluding hydrogens is 331 g/mol. The van der Waals surface area contributed by atoms with Crippen molar-refractivity contribution in [2.75, 3.05) is 37.8 Å². The van der Waals surface area contributed by atoms with Crippen LogP contribution in [0, 0.1) is 0 Å². The Hall–Kier alpha value is -0.930. The zero-order valence-electron chi connectivity index (χ0n) is 9.90. The van der Waals surface area contributed by atoms with Crippen molar-refractivity contribution in [2.45, 2.75) is 6.18 Å². The van der Waals surface area contributed by atoms with Gasteiger partial charge < -0.3 is 14.7 Å². The number of aliphatic hydroxyl groups is 1. The molecule has 108 valence electrons. The average Bonchev–Trinajstić information content (AvgIpc) is 2.33. The Morgan fingerprint density at radius 3 is 2.42 bits per heavy atom. The lowest BCUT2D eigenvalue weighted by molar-refractivity contribution is -0.173. The summed E-state index contributed by atoms with van der Waals surface area (Å²) in [5, 5.41) is 8.91. The first-order valence-corrected chi connectivity index (χ1v) is 6.19. The minimum atomic E-state index is -4.34. The quantitative estimate of drug-likeness (QED) is 0.762. The highest BCUT2D eigenvalue weighted by atomic mass is 79.9. The molecule has 1 rings (SSSR count). The first-order valence-electron chi connectivity index (χ1n) is 5.40. The van der Waals surface area contributed by atoms with E-state index in [0.717, 1.165) is 0 Å². The van der Waals surface area contributed by atoms with Gasteiger partial charge >= 0.3 is 6.18 Å². The molecule has 0 fully saturated rings. The van der Waals surface area contributed by atoms with Gasteiger partial charge in [0.15, 0.2) is 0 Å². The van der Waals surface area contributed by atoms with Gasteiger partial charge in [0.25, 0.3) is 0 Å². The van der Waals surface area contributed by atoms with Gasteiger partial charge in [0.1, 0.15) is 6.61 Å². The van der Waals surface area contributed by atoms with Crippen LogP contribution < -0.4 is 4.90 Å². The van der Waals surface area contributed by atoms with Gasteiger partial charge in [-0.25, -0.2) is 9.97 Å². The van der Waals surface area contributed by atoms with Gasteiger partial charge in [-0.15, -0.1) is 0 Å². The van der Waals surface area contributed by atoms with Crippen LogP contribution in [0.3, 0.4) is 0 Å². The Morgan fingerprint density at radius 2 is 1.89 bits per heavy atom. The number of hydrogen-bond acceptors (Lipinski definition) is 5. The van der Waals surface area contributed by atoms with Crippen LogP contribution in [0.1, 0.15) is 0 Å². The number of aromatic nitrogens is 2. The SMILES string of the molecule is OCCN(CCOCC(F)(F)F)c1ncc(Br)cn1. The maximum Gasteiger partial charge on any atom is 0.411 e. The fourth-order valence-corrected chi connectivity index (χ4v) is 1.47. The number of hydrogen-bond donors (Lipinski definition) is 1. The van der Waals surface area contributed by atoms with E-state index in [9.17, 15) is 13.2 Å². The third-order valence-corrected chi connectivity index (χ3v) is 2.44. The van der Waals surface area contributed by atoms with Crippen LogP contribution in [0.25, 0.3) is 0 Å². The molecule has 1 heterocycles. The monoisotopic (exact) mass is 343 g/mol. The molecule has 0 aliphatic carbocycles. The molecule has 5 nitrogen and oxygen atoms in total. The largest absolute Gasteiger partial charge is 0.411 e. The number of aliphatic hydroxyl groups excluding tert-OH is 1. The standard InChI is InChI=1S/C10H13BrF3N3O2/c11-8-5-15-9(16-6-8)17(1-3-18)2-4-19-7-10(12,13)14/h5-6,18H,1-4,7H2. The summed E-state index contributed by atoms with van der Waals surface area (Å²) in [5.41, 5.74) is 0. The minimum Gasteiger partial charge on any atom is -0.395 e. The van der Waals surface area contributed by atoms with Gasteiger partial charge in [-0.3, -0.25) is 0 Å². The van der Waals surface area contributed by atoms with Gasteiger partial charge in [-0.05, 0) is 15.9 Å². The highest BCUT2D eigenvalue weighted by Gasteiger charge is 2.27. The summed E-state index contributed by atoms with van der Waals surface area (Å²) in [6, 6.07) is 0. The molecule has 0 saturated carbocycles. The number of halogens is 4. The molecule has 0 amide bonds. The normalized spacial score (nSPS) is 11.6. The molecule has 9 heteroatoms. The van der Waals surface area contributed by atoms with Crippen molar-refractivity contribution in [3.63, 3.8) is 0 Å². The maximum atomic E-state index is 11.9. The van der Waals surface area contributed by atoms with E-state index in [1.807, 2.05) is 0 Å². The molecule has 0 aliphatic heterocycles. The maximum absolute atomic E-state index is 11.9. The van der Waals surface area contributed by atoms with E-state index >= 15 is 0 Å². The second-order valence-electron chi connectivity index (χ2n) is 3.58. The number of nitrogens with zero attached hydrogens (tertiary/aromatic N) is 3. The molecular formula is C10H13BrF3N3O2. The summed E-state index contributed by atoms with van der Waals surface area (Å²) >= 11 is 3.18. The lowest BCUT2D eigenvalue weighted by Gasteiger charge is -2.21.